The molecule has 1 radical (unpaired) electrons. The van der Waals surface area contributed by atoms with Gasteiger partial charge in [0, 0.05) is 31.0 Å². The molecular formula is C37H34BrN6OOs. The molecule has 0 fully saturated rings. The third-order valence-electron chi connectivity index (χ3n) is 6.33. The van der Waals surface area contributed by atoms with E-state index in [2.05, 4.69) is 79.9 Å². The summed E-state index contributed by atoms with van der Waals surface area (Å²) >= 11 is 3.10. The van der Waals surface area contributed by atoms with E-state index in [1.165, 1.54) is 22.3 Å². The minimum absolute atomic E-state index is 0. The van der Waals surface area contributed by atoms with Crippen molar-refractivity contribution in [3.8, 4) is 34.0 Å². The van der Waals surface area contributed by atoms with Crippen LogP contribution >= 0.6 is 15.9 Å². The van der Waals surface area contributed by atoms with Gasteiger partial charge in [-0.25, -0.2) is 0 Å². The average molecular weight is 849 g/mol. The number of carbonyl (C=O) groups is 1. The van der Waals surface area contributed by atoms with Crippen LogP contribution in [-0.2, 0) is 24.6 Å². The van der Waals surface area contributed by atoms with Crippen LogP contribution in [0.1, 0.15) is 22.3 Å². The topological polar surface area (TPSA) is 93.5 Å². The van der Waals surface area contributed by atoms with Crippen molar-refractivity contribution in [2.24, 2.45) is 0 Å². The van der Waals surface area contributed by atoms with Gasteiger partial charge in [0.25, 0.3) is 0 Å². The van der Waals surface area contributed by atoms with E-state index in [9.17, 15) is 4.79 Å². The minimum Gasteiger partial charge on any atom is -0.343 e. The van der Waals surface area contributed by atoms with Crippen molar-refractivity contribution < 1.29 is 24.6 Å². The van der Waals surface area contributed by atoms with Gasteiger partial charge >= 0.3 is 19.8 Å². The Morgan fingerprint density at radius 2 is 1.04 bits per heavy atom. The molecule has 0 aliphatic heterocycles. The molecule has 5 heterocycles. The Morgan fingerprint density at radius 1 is 0.609 bits per heavy atom. The molecule has 0 atom stereocenters. The maximum atomic E-state index is 11.2. The number of nitrogens with one attached hydrogen (secondary N) is 1. The molecule has 7 nitrogen and oxygen atoms in total. The van der Waals surface area contributed by atoms with Crippen LogP contribution in [0.5, 0.6) is 0 Å². The van der Waals surface area contributed by atoms with Crippen molar-refractivity contribution in [1.29, 1.82) is 0 Å². The van der Waals surface area contributed by atoms with E-state index in [0.29, 0.717) is 0 Å². The zero-order valence-electron chi connectivity index (χ0n) is 26.1. The molecule has 5 aromatic heterocycles. The van der Waals surface area contributed by atoms with Gasteiger partial charge in [0.2, 0.25) is 5.91 Å². The molecule has 233 valence electrons. The van der Waals surface area contributed by atoms with Crippen molar-refractivity contribution >= 4 is 27.5 Å². The van der Waals surface area contributed by atoms with Crippen LogP contribution in [0.4, 0.5) is 5.69 Å². The number of halogens is 1. The number of aromatic nitrogens is 5. The van der Waals surface area contributed by atoms with Gasteiger partial charge < -0.3 is 10.3 Å². The summed E-state index contributed by atoms with van der Waals surface area (Å²) < 4.78 is 0. The zero-order chi connectivity index (χ0) is 32.0. The Labute approximate surface area is 292 Å². The second kappa shape index (κ2) is 18.5. The van der Waals surface area contributed by atoms with Crippen LogP contribution < -0.4 is 5.32 Å². The Morgan fingerprint density at radius 3 is 1.41 bits per heavy atom. The zero-order valence-corrected chi connectivity index (χ0v) is 30.2. The van der Waals surface area contributed by atoms with E-state index in [4.69, 9.17) is 0 Å². The summed E-state index contributed by atoms with van der Waals surface area (Å²) in [5, 5.41) is 3.05. The number of aryl methyl sites for hydroxylation is 4. The summed E-state index contributed by atoms with van der Waals surface area (Å²) in [6.45, 7) is 8.23. The Hall–Kier alpha value is -4.44. The SMILES string of the molecule is Cc1ccnc(-c2cc(C)ccn2)c1.Cc1ccnc(-c2cc(C)ccn2)c1.O=C(CBr)Nc1cc[c-]c(-c2ccccn2)c1.[Os+]. The summed E-state index contributed by atoms with van der Waals surface area (Å²) in [5.41, 5.74) is 11.0. The molecule has 1 N–H and O–H groups in total. The van der Waals surface area contributed by atoms with Gasteiger partial charge in [0.05, 0.1) is 28.1 Å². The number of carbonyl (C=O) groups excluding carboxylic acids is 1. The van der Waals surface area contributed by atoms with Gasteiger partial charge in [-0.1, -0.05) is 28.1 Å². The molecule has 0 saturated heterocycles. The monoisotopic (exact) mass is 849 g/mol. The number of hydrogen-bond acceptors (Lipinski definition) is 6. The number of anilines is 1. The normalized spacial score (nSPS) is 9.85. The molecule has 0 aliphatic rings. The predicted molar refractivity (Wildman–Crippen MR) is 185 cm³/mol. The molecule has 0 unspecified atom stereocenters. The minimum atomic E-state index is -0.0804. The van der Waals surface area contributed by atoms with E-state index < -0.39 is 0 Å². The van der Waals surface area contributed by atoms with Gasteiger partial charge in [-0.05, 0) is 116 Å². The second-order valence-corrected chi connectivity index (χ2v) is 10.8. The van der Waals surface area contributed by atoms with Gasteiger partial charge in [0.1, 0.15) is 0 Å². The first-order chi connectivity index (χ1) is 21.8. The maximum absolute atomic E-state index is 11.2. The Kier molecular flexibility index (Phi) is 14.5. The number of benzene rings is 1. The fourth-order valence-electron chi connectivity index (χ4n) is 4.11. The number of nitrogens with zero attached hydrogens (tertiary/aromatic N) is 5. The fraction of sp³-hybridized carbons (Fsp3) is 0.135. The van der Waals surface area contributed by atoms with Crippen LogP contribution in [0.3, 0.4) is 0 Å². The van der Waals surface area contributed by atoms with E-state index in [-0.39, 0.29) is 31.0 Å². The molecule has 6 aromatic rings. The van der Waals surface area contributed by atoms with Crippen molar-refractivity contribution in [3.63, 3.8) is 0 Å². The molecule has 0 bridgehead atoms. The molecule has 6 rings (SSSR count). The standard InChI is InChI=1S/C13H10BrN2O.2C12H12N2.Os/c14-9-13(17)16-11-5-3-4-10(8-11)12-6-1-2-7-15-12;2*1-9-3-5-13-11(7-9)12-8-10(2)4-6-14-12;/h1-3,5-8H,9H2,(H,16,17);2*3-8H,1-2H3;/q-1;;;+1. The van der Waals surface area contributed by atoms with Gasteiger partial charge in [-0.3, -0.25) is 24.7 Å². The molecular weight excluding hydrogens is 815 g/mol. The summed E-state index contributed by atoms with van der Waals surface area (Å²) in [5.74, 6) is -0.0804. The molecule has 0 saturated carbocycles. The van der Waals surface area contributed by atoms with E-state index >= 15 is 0 Å². The molecule has 46 heavy (non-hydrogen) atoms. The number of hydrogen-bond donors (Lipinski definition) is 1. The predicted octanol–water partition coefficient (Wildman–Crippen LogP) is 8.40. The van der Waals surface area contributed by atoms with Crippen LogP contribution in [0.15, 0.2) is 116 Å². The van der Waals surface area contributed by atoms with Gasteiger partial charge in [-0.15, -0.1) is 29.8 Å². The smallest absolute Gasteiger partial charge is 0.343 e. The van der Waals surface area contributed by atoms with Crippen LogP contribution in [0.25, 0.3) is 34.0 Å². The van der Waals surface area contributed by atoms with Crippen molar-refractivity contribution in [1.82, 2.24) is 24.9 Å². The van der Waals surface area contributed by atoms with Crippen LogP contribution in [0.2, 0.25) is 0 Å². The van der Waals surface area contributed by atoms with Crippen molar-refractivity contribution in [2.75, 3.05) is 10.6 Å². The molecule has 1 aromatic carbocycles. The first-order valence-corrected chi connectivity index (χ1v) is 15.4. The van der Waals surface area contributed by atoms with Gasteiger partial charge in [-0.2, -0.15) is 0 Å². The summed E-state index contributed by atoms with van der Waals surface area (Å²) in [6, 6.07) is 30.3. The Bertz CT molecular complexity index is 1680. The van der Waals surface area contributed by atoms with Gasteiger partial charge in [0.15, 0.2) is 0 Å². The second-order valence-electron chi connectivity index (χ2n) is 10.3. The molecule has 0 spiro atoms. The number of amides is 1. The Balaban J connectivity index is 0.000000187. The fourth-order valence-corrected chi connectivity index (χ4v) is 4.25. The van der Waals surface area contributed by atoms with Crippen LogP contribution in [0, 0.1) is 33.8 Å². The third-order valence-corrected chi connectivity index (χ3v) is 6.84. The summed E-state index contributed by atoms with van der Waals surface area (Å²) in [4.78, 5) is 32.6. The first-order valence-electron chi connectivity index (χ1n) is 14.3. The van der Waals surface area contributed by atoms with Crippen molar-refractivity contribution in [3.05, 3.63) is 144 Å². The third kappa shape index (κ3) is 11.5. The van der Waals surface area contributed by atoms with E-state index in [1.54, 1.807) is 18.3 Å². The van der Waals surface area contributed by atoms with E-state index in [0.717, 1.165) is 39.7 Å². The number of rotatable bonds is 5. The molecule has 1 amide bonds. The summed E-state index contributed by atoms with van der Waals surface area (Å²) in [7, 11) is 0. The van der Waals surface area contributed by atoms with E-state index in [1.807, 2.05) is 97.6 Å². The maximum Gasteiger partial charge on any atom is 1.00 e. The number of pyridine rings is 5. The average Bonchev–Trinajstić information content (AvgIpc) is 3.06. The molecule has 9 heteroatoms. The molecule has 0 aliphatic carbocycles. The van der Waals surface area contributed by atoms with Crippen molar-refractivity contribution in [2.45, 2.75) is 27.7 Å². The first kappa shape index (κ1) is 36.0. The summed E-state index contributed by atoms with van der Waals surface area (Å²) in [6.07, 6.45) is 8.99. The number of alkyl halides is 1. The largest absolute Gasteiger partial charge is 1.00 e. The van der Waals surface area contributed by atoms with Crippen LogP contribution in [-0.4, -0.2) is 36.2 Å². The quantitative estimate of drug-likeness (QED) is 0.139.